The van der Waals surface area contributed by atoms with Gasteiger partial charge in [0.05, 0.1) is 6.10 Å². The second kappa shape index (κ2) is 6.43. The number of thioether (sulfide) groups is 1. The van der Waals surface area contributed by atoms with Gasteiger partial charge in [0.15, 0.2) is 5.16 Å². The van der Waals surface area contributed by atoms with Gasteiger partial charge < -0.3 is 5.11 Å². The number of rotatable bonds is 5. The number of aliphatic hydroxyl groups is 1. The molecule has 102 valence electrons. The van der Waals surface area contributed by atoms with Crippen LogP contribution in [0.25, 0.3) is 0 Å². The van der Waals surface area contributed by atoms with Gasteiger partial charge in [0, 0.05) is 11.8 Å². The summed E-state index contributed by atoms with van der Waals surface area (Å²) >= 11 is 1.54. The standard InChI is InChI=1S/C12H21N3O2S/c1-2-3-8-15-11(17)13-14-12(15)18-10-7-5-4-6-9(10)16/h9-10,16H,2-8H2,1H3,(H,13,17). The van der Waals surface area contributed by atoms with E-state index in [1.54, 1.807) is 16.3 Å². The normalized spacial score (nSPS) is 24.3. The van der Waals surface area contributed by atoms with E-state index in [4.69, 9.17) is 0 Å². The average molecular weight is 271 g/mol. The predicted molar refractivity (Wildman–Crippen MR) is 71.9 cm³/mol. The fourth-order valence-electron chi connectivity index (χ4n) is 2.26. The van der Waals surface area contributed by atoms with Crippen LogP contribution in [0.2, 0.25) is 0 Å². The molecule has 1 saturated carbocycles. The molecular formula is C12H21N3O2S. The minimum absolute atomic E-state index is 0.142. The van der Waals surface area contributed by atoms with Crippen LogP contribution in [-0.4, -0.2) is 31.2 Å². The van der Waals surface area contributed by atoms with E-state index in [-0.39, 0.29) is 17.0 Å². The van der Waals surface area contributed by atoms with E-state index in [1.807, 2.05) is 0 Å². The van der Waals surface area contributed by atoms with Crippen molar-refractivity contribution in [3.05, 3.63) is 10.5 Å². The molecule has 1 heterocycles. The molecule has 2 rings (SSSR count). The van der Waals surface area contributed by atoms with Crippen LogP contribution in [0.3, 0.4) is 0 Å². The molecule has 2 N–H and O–H groups in total. The number of nitrogens with zero attached hydrogens (tertiary/aromatic N) is 2. The molecule has 1 aromatic rings. The van der Waals surface area contributed by atoms with E-state index in [9.17, 15) is 9.90 Å². The van der Waals surface area contributed by atoms with Crippen molar-refractivity contribution in [3.63, 3.8) is 0 Å². The van der Waals surface area contributed by atoms with Crippen molar-refractivity contribution in [1.29, 1.82) is 0 Å². The van der Waals surface area contributed by atoms with Crippen LogP contribution in [0.1, 0.15) is 45.4 Å². The molecule has 2 unspecified atom stereocenters. The monoisotopic (exact) mass is 271 g/mol. The summed E-state index contributed by atoms with van der Waals surface area (Å²) in [7, 11) is 0. The zero-order valence-electron chi connectivity index (χ0n) is 10.8. The van der Waals surface area contributed by atoms with Crippen molar-refractivity contribution < 1.29 is 5.11 Å². The maximum absolute atomic E-state index is 11.6. The van der Waals surface area contributed by atoms with Crippen molar-refractivity contribution in [2.24, 2.45) is 0 Å². The summed E-state index contributed by atoms with van der Waals surface area (Å²) in [6.07, 6.45) is 5.87. The lowest BCUT2D eigenvalue weighted by molar-refractivity contribution is 0.136. The van der Waals surface area contributed by atoms with Gasteiger partial charge in [-0.1, -0.05) is 37.9 Å². The summed E-state index contributed by atoms with van der Waals surface area (Å²) in [6, 6.07) is 0. The molecule has 1 aliphatic carbocycles. The first-order valence-corrected chi connectivity index (χ1v) is 7.60. The Hall–Kier alpha value is -0.750. The maximum Gasteiger partial charge on any atom is 0.343 e. The van der Waals surface area contributed by atoms with Gasteiger partial charge in [-0.05, 0) is 19.3 Å². The van der Waals surface area contributed by atoms with E-state index in [1.165, 1.54) is 0 Å². The van der Waals surface area contributed by atoms with Crippen LogP contribution in [0.5, 0.6) is 0 Å². The zero-order chi connectivity index (χ0) is 13.0. The third kappa shape index (κ3) is 3.17. The number of unbranched alkanes of at least 4 members (excludes halogenated alkanes) is 1. The van der Waals surface area contributed by atoms with Crippen molar-refractivity contribution in [2.75, 3.05) is 0 Å². The Morgan fingerprint density at radius 3 is 3.00 bits per heavy atom. The van der Waals surface area contributed by atoms with Crippen LogP contribution < -0.4 is 5.69 Å². The van der Waals surface area contributed by atoms with Gasteiger partial charge in [-0.15, -0.1) is 5.10 Å². The van der Waals surface area contributed by atoms with Gasteiger partial charge in [0.2, 0.25) is 0 Å². The molecule has 0 aromatic carbocycles. The number of aliphatic hydroxyl groups excluding tert-OH is 1. The first-order valence-electron chi connectivity index (χ1n) is 6.72. The largest absolute Gasteiger partial charge is 0.392 e. The third-order valence-electron chi connectivity index (χ3n) is 3.38. The summed E-state index contributed by atoms with van der Waals surface area (Å²) < 4.78 is 1.69. The smallest absolute Gasteiger partial charge is 0.343 e. The minimum Gasteiger partial charge on any atom is -0.392 e. The van der Waals surface area contributed by atoms with Gasteiger partial charge in [0.25, 0.3) is 0 Å². The molecule has 0 aliphatic heterocycles. The second-order valence-corrected chi connectivity index (χ2v) is 6.03. The lowest BCUT2D eigenvalue weighted by Crippen LogP contribution is -2.27. The molecule has 0 spiro atoms. The molecule has 0 bridgehead atoms. The van der Waals surface area contributed by atoms with E-state index in [0.717, 1.165) is 43.7 Å². The first-order chi connectivity index (χ1) is 8.72. The predicted octanol–water partition coefficient (Wildman–Crippen LogP) is 1.77. The van der Waals surface area contributed by atoms with E-state index in [0.29, 0.717) is 6.54 Å². The van der Waals surface area contributed by atoms with Crippen LogP contribution in [0.4, 0.5) is 0 Å². The Kier molecular flexibility index (Phi) is 4.88. The third-order valence-corrected chi connectivity index (χ3v) is 4.76. The summed E-state index contributed by atoms with van der Waals surface area (Å²) in [5, 5.41) is 17.4. The number of aromatic amines is 1. The highest BCUT2D eigenvalue weighted by Crippen LogP contribution is 2.32. The van der Waals surface area contributed by atoms with E-state index >= 15 is 0 Å². The highest BCUT2D eigenvalue weighted by Gasteiger charge is 2.26. The van der Waals surface area contributed by atoms with Crippen LogP contribution >= 0.6 is 11.8 Å². The van der Waals surface area contributed by atoms with Crippen LogP contribution in [0.15, 0.2) is 9.95 Å². The fraction of sp³-hybridized carbons (Fsp3) is 0.833. The zero-order valence-corrected chi connectivity index (χ0v) is 11.6. The number of nitrogens with one attached hydrogen (secondary N) is 1. The Morgan fingerprint density at radius 1 is 1.50 bits per heavy atom. The van der Waals surface area contributed by atoms with E-state index in [2.05, 4.69) is 17.1 Å². The Balaban J connectivity index is 2.06. The molecule has 5 nitrogen and oxygen atoms in total. The molecule has 1 fully saturated rings. The summed E-state index contributed by atoms with van der Waals surface area (Å²) in [5.41, 5.74) is -0.142. The molecule has 18 heavy (non-hydrogen) atoms. The van der Waals surface area contributed by atoms with Gasteiger partial charge in [0.1, 0.15) is 0 Å². The lowest BCUT2D eigenvalue weighted by Gasteiger charge is -2.26. The Morgan fingerprint density at radius 2 is 2.28 bits per heavy atom. The summed E-state index contributed by atoms with van der Waals surface area (Å²) in [4.78, 5) is 11.6. The Bertz CT molecular complexity index is 429. The highest BCUT2D eigenvalue weighted by atomic mass is 32.2. The summed E-state index contributed by atoms with van der Waals surface area (Å²) in [6.45, 7) is 2.81. The van der Waals surface area contributed by atoms with Gasteiger partial charge in [-0.3, -0.25) is 4.57 Å². The average Bonchev–Trinajstić information content (AvgIpc) is 2.71. The van der Waals surface area contributed by atoms with Crippen LogP contribution in [-0.2, 0) is 6.54 Å². The molecule has 6 heteroatoms. The molecule has 0 amide bonds. The minimum atomic E-state index is -0.268. The van der Waals surface area contributed by atoms with E-state index < -0.39 is 0 Å². The quantitative estimate of drug-likeness (QED) is 0.856. The van der Waals surface area contributed by atoms with Gasteiger partial charge in [-0.25, -0.2) is 9.89 Å². The summed E-state index contributed by atoms with van der Waals surface area (Å²) in [5.74, 6) is 0. The van der Waals surface area contributed by atoms with Gasteiger partial charge in [-0.2, -0.15) is 0 Å². The van der Waals surface area contributed by atoms with Crippen molar-refractivity contribution >= 4 is 11.8 Å². The molecule has 0 saturated heterocycles. The molecule has 0 radical (unpaired) electrons. The fourth-order valence-corrected chi connectivity index (χ4v) is 3.51. The van der Waals surface area contributed by atoms with Gasteiger partial charge >= 0.3 is 5.69 Å². The second-order valence-electron chi connectivity index (χ2n) is 4.82. The maximum atomic E-state index is 11.6. The van der Waals surface area contributed by atoms with Crippen molar-refractivity contribution in [3.8, 4) is 0 Å². The molecule has 1 aliphatic rings. The Labute approximate surface area is 111 Å². The number of aromatic nitrogens is 3. The SMILES string of the molecule is CCCCn1c(SC2CCCCC2O)n[nH]c1=O. The number of hydrogen-bond acceptors (Lipinski definition) is 4. The molecular weight excluding hydrogens is 250 g/mol. The molecule has 2 atom stereocenters. The molecule has 1 aromatic heterocycles. The van der Waals surface area contributed by atoms with Crippen molar-refractivity contribution in [1.82, 2.24) is 14.8 Å². The lowest BCUT2D eigenvalue weighted by atomic mass is 9.97. The first kappa shape index (κ1) is 13.7. The number of hydrogen-bond donors (Lipinski definition) is 2. The van der Waals surface area contributed by atoms with Crippen LogP contribution in [0, 0.1) is 0 Å². The van der Waals surface area contributed by atoms with Crippen molar-refractivity contribution in [2.45, 2.75) is 68.5 Å². The highest BCUT2D eigenvalue weighted by molar-refractivity contribution is 7.99. The number of H-pyrrole nitrogens is 1. The topological polar surface area (TPSA) is 70.9 Å².